The van der Waals surface area contributed by atoms with Gasteiger partial charge in [-0.15, -0.1) is 10.2 Å². The van der Waals surface area contributed by atoms with Crippen LogP contribution in [-0.2, 0) is 12.8 Å². The molecule has 1 saturated heterocycles. The number of aromatic nitrogens is 3. The first-order valence-corrected chi connectivity index (χ1v) is 12.0. The van der Waals surface area contributed by atoms with E-state index in [1.807, 2.05) is 31.3 Å². The molecule has 0 unspecified atom stereocenters. The Kier molecular flexibility index (Phi) is 7.88. The lowest BCUT2D eigenvalue weighted by atomic mass is 9.96. The van der Waals surface area contributed by atoms with Gasteiger partial charge < -0.3 is 15.4 Å². The number of amides is 1. The smallest absolute Gasteiger partial charge is 0.269 e. The van der Waals surface area contributed by atoms with Crippen LogP contribution >= 0.6 is 0 Å². The SMILES string of the molecule is Cc1cc(C(N)=O)nnc1N1CCC(Oc2cccc(C#N)c2)CC1.[HH].c1cnc2c(c1)CCCC2. The summed E-state index contributed by atoms with van der Waals surface area (Å²) >= 11 is 0. The number of benzene rings is 1. The number of nitrogens with zero attached hydrogens (tertiary/aromatic N) is 5. The third-order valence-electron chi connectivity index (χ3n) is 6.31. The summed E-state index contributed by atoms with van der Waals surface area (Å²) in [5, 5.41) is 17.0. The van der Waals surface area contributed by atoms with Crippen LogP contribution in [0.25, 0.3) is 0 Å². The van der Waals surface area contributed by atoms with Crippen molar-refractivity contribution in [1.82, 2.24) is 15.2 Å². The number of nitriles is 1. The van der Waals surface area contributed by atoms with E-state index in [1.165, 1.54) is 36.9 Å². The quantitative estimate of drug-likeness (QED) is 0.609. The fraction of sp³-hybridized carbons (Fsp3) is 0.370. The number of rotatable bonds is 4. The molecule has 1 aliphatic carbocycles. The van der Waals surface area contributed by atoms with Crippen LogP contribution in [0.1, 0.15) is 60.0 Å². The molecule has 1 aliphatic heterocycles. The van der Waals surface area contributed by atoms with Crippen LogP contribution in [0.3, 0.4) is 0 Å². The number of carbonyl (C=O) groups excluding carboxylic acids is 1. The summed E-state index contributed by atoms with van der Waals surface area (Å²) in [7, 11) is 0. The Labute approximate surface area is 207 Å². The van der Waals surface area contributed by atoms with Gasteiger partial charge in [-0.2, -0.15) is 5.26 Å². The minimum absolute atomic E-state index is 0. The molecule has 0 bridgehead atoms. The lowest BCUT2D eigenvalue weighted by Gasteiger charge is -2.33. The Morgan fingerprint density at radius 1 is 1.14 bits per heavy atom. The zero-order chi connectivity index (χ0) is 24.6. The maximum Gasteiger partial charge on any atom is 0.269 e. The summed E-state index contributed by atoms with van der Waals surface area (Å²) in [6.07, 6.45) is 8.78. The Hall–Kier alpha value is -3.99. The molecule has 8 nitrogen and oxygen atoms in total. The highest BCUT2D eigenvalue weighted by atomic mass is 16.5. The van der Waals surface area contributed by atoms with Crippen LogP contribution in [-0.4, -0.2) is 40.3 Å². The number of piperidine rings is 1. The van der Waals surface area contributed by atoms with Crippen LogP contribution in [0.2, 0.25) is 0 Å². The number of nitrogens with two attached hydrogens (primary N) is 1. The molecule has 3 aromatic rings. The Balaban J connectivity index is 0.000000273. The highest BCUT2D eigenvalue weighted by molar-refractivity contribution is 5.90. The molecule has 0 spiro atoms. The van der Waals surface area contributed by atoms with Crippen molar-refractivity contribution in [3.63, 3.8) is 0 Å². The molecular formula is C27H32N6O2. The fourth-order valence-corrected chi connectivity index (χ4v) is 4.46. The van der Waals surface area contributed by atoms with Gasteiger partial charge in [0.2, 0.25) is 0 Å². The molecule has 0 saturated carbocycles. The van der Waals surface area contributed by atoms with Crippen molar-refractivity contribution >= 4 is 11.7 Å². The van der Waals surface area contributed by atoms with Gasteiger partial charge in [-0.3, -0.25) is 9.78 Å². The van der Waals surface area contributed by atoms with Crippen molar-refractivity contribution in [3.05, 3.63) is 76.7 Å². The van der Waals surface area contributed by atoms with Gasteiger partial charge in [-0.1, -0.05) is 12.1 Å². The summed E-state index contributed by atoms with van der Waals surface area (Å²) in [5.41, 5.74) is 9.68. The lowest BCUT2D eigenvalue weighted by Crippen LogP contribution is -2.39. The summed E-state index contributed by atoms with van der Waals surface area (Å²) < 4.78 is 5.99. The zero-order valence-electron chi connectivity index (χ0n) is 20.0. The first kappa shape index (κ1) is 24.1. The van der Waals surface area contributed by atoms with Crippen LogP contribution in [0.4, 0.5) is 5.82 Å². The van der Waals surface area contributed by atoms with E-state index >= 15 is 0 Å². The number of fused-ring (bicyclic) bond motifs is 1. The molecule has 1 aromatic carbocycles. The maximum atomic E-state index is 11.2. The highest BCUT2D eigenvalue weighted by Crippen LogP contribution is 2.24. The van der Waals surface area contributed by atoms with Crippen molar-refractivity contribution in [2.45, 2.75) is 51.6 Å². The van der Waals surface area contributed by atoms with Gasteiger partial charge in [0, 0.05) is 39.2 Å². The summed E-state index contributed by atoms with van der Waals surface area (Å²) in [6, 6.07) is 15.2. The predicted molar refractivity (Wildman–Crippen MR) is 135 cm³/mol. The highest BCUT2D eigenvalue weighted by Gasteiger charge is 2.23. The van der Waals surface area contributed by atoms with E-state index < -0.39 is 5.91 Å². The average molecular weight is 473 g/mol. The number of pyridine rings is 1. The molecule has 5 rings (SSSR count). The first-order valence-electron chi connectivity index (χ1n) is 12.0. The van der Waals surface area contributed by atoms with E-state index in [0.29, 0.717) is 5.56 Å². The van der Waals surface area contributed by atoms with Gasteiger partial charge in [0.15, 0.2) is 11.5 Å². The van der Waals surface area contributed by atoms with E-state index in [-0.39, 0.29) is 13.2 Å². The maximum absolute atomic E-state index is 11.2. The van der Waals surface area contributed by atoms with Gasteiger partial charge in [0.05, 0.1) is 11.6 Å². The number of aryl methyl sites for hydroxylation is 3. The fourth-order valence-electron chi connectivity index (χ4n) is 4.46. The van der Waals surface area contributed by atoms with Crippen LogP contribution < -0.4 is 15.4 Å². The number of anilines is 1. The second kappa shape index (κ2) is 11.4. The van der Waals surface area contributed by atoms with Crippen LogP contribution in [0.15, 0.2) is 48.7 Å². The third-order valence-corrected chi connectivity index (χ3v) is 6.31. The summed E-state index contributed by atoms with van der Waals surface area (Å²) in [5.74, 6) is 0.920. The predicted octanol–water partition coefficient (Wildman–Crippen LogP) is 4.01. The minimum atomic E-state index is -0.575. The van der Waals surface area contributed by atoms with Crippen molar-refractivity contribution in [2.75, 3.05) is 18.0 Å². The van der Waals surface area contributed by atoms with Gasteiger partial charge in [-0.25, -0.2) is 0 Å². The molecule has 2 N–H and O–H groups in total. The summed E-state index contributed by atoms with van der Waals surface area (Å²) in [4.78, 5) is 17.6. The Morgan fingerprint density at radius 3 is 2.66 bits per heavy atom. The molecule has 2 aromatic heterocycles. The second-order valence-electron chi connectivity index (χ2n) is 8.86. The molecule has 0 atom stereocenters. The van der Waals surface area contributed by atoms with E-state index in [1.54, 1.807) is 18.2 Å². The van der Waals surface area contributed by atoms with Gasteiger partial charge in [0.25, 0.3) is 5.91 Å². The van der Waals surface area contributed by atoms with E-state index in [0.717, 1.165) is 43.1 Å². The molecule has 8 heteroatoms. The zero-order valence-corrected chi connectivity index (χ0v) is 20.0. The molecular weight excluding hydrogens is 440 g/mol. The van der Waals surface area contributed by atoms with Crippen LogP contribution in [0, 0.1) is 18.3 Å². The third kappa shape index (κ3) is 6.33. The molecule has 35 heavy (non-hydrogen) atoms. The Bertz CT molecular complexity index is 1200. The van der Waals surface area contributed by atoms with Gasteiger partial charge in [-0.05, 0) is 74.1 Å². The Morgan fingerprint density at radius 2 is 1.94 bits per heavy atom. The molecule has 1 amide bonds. The molecule has 182 valence electrons. The minimum Gasteiger partial charge on any atom is -0.490 e. The van der Waals surface area contributed by atoms with Crippen molar-refractivity contribution in [2.24, 2.45) is 5.73 Å². The number of primary amides is 1. The van der Waals surface area contributed by atoms with E-state index in [9.17, 15) is 4.79 Å². The number of carbonyl (C=O) groups is 1. The first-order chi connectivity index (χ1) is 17.0. The average Bonchev–Trinajstić information content (AvgIpc) is 2.90. The number of hydrogen-bond acceptors (Lipinski definition) is 7. The van der Waals surface area contributed by atoms with E-state index in [2.05, 4.69) is 32.2 Å². The largest absolute Gasteiger partial charge is 0.490 e. The molecule has 2 aliphatic rings. The second-order valence-corrected chi connectivity index (χ2v) is 8.86. The van der Waals surface area contributed by atoms with Gasteiger partial charge >= 0.3 is 0 Å². The van der Waals surface area contributed by atoms with Crippen LogP contribution in [0.5, 0.6) is 5.75 Å². The number of ether oxygens (including phenoxy) is 1. The lowest BCUT2D eigenvalue weighted by molar-refractivity contribution is 0.0994. The van der Waals surface area contributed by atoms with Crippen molar-refractivity contribution in [3.8, 4) is 11.8 Å². The van der Waals surface area contributed by atoms with E-state index in [4.69, 9.17) is 15.7 Å². The summed E-state index contributed by atoms with van der Waals surface area (Å²) in [6.45, 7) is 3.47. The van der Waals surface area contributed by atoms with Gasteiger partial charge in [0.1, 0.15) is 11.9 Å². The molecule has 0 radical (unpaired) electrons. The molecule has 3 heterocycles. The monoisotopic (exact) mass is 472 g/mol. The number of hydrogen-bond donors (Lipinski definition) is 1. The topological polar surface area (TPSA) is 118 Å². The standard InChI is InChI=1S/C18H19N5O2.C9H11N.H2/c1-12-9-16(17(20)24)21-22-18(12)23-7-5-14(6-8-23)25-15-4-2-3-13(10-15)11-19;1-2-6-9-8(4-1)5-3-7-10-9;/h2-4,9-10,14H,5-8H2,1H3,(H2,20,24);3,5,7H,1-2,4,6H2;1H. The normalized spacial score (nSPS) is 15.3. The van der Waals surface area contributed by atoms with Crippen molar-refractivity contribution < 1.29 is 11.0 Å². The van der Waals surface area contributed by atoms with Crippen molar-refractivity contribution in [1.29, 1.82) is 5.26 Å². The molecule has 1 fully saturated rings.